The second-order valence-corrected chi connectivity index (χ2v) is 11.0. The topological polar surface area (TPSA) is 95.0 Å². The lowest BCUT2D eigenvalue weighted by atomic mass is 9.87. The molecular formula is C26H28N8S. The van der Waals surface area contributed by atoms with Gasteiger partial charge in [0.1, 0.15) is 6.07 Å². The van der Waals surface area contributed by atoms with Crippen molar-refractivity contribution in [1.29, 1.82) is 5.26 Å². The van der Waals surface area contributed by atoms with Gasteiger partial charge in [-0.1, -0.05) is 18.3 Å². The van der Waals surface area contributed by atoms with Crippen LogP contribution in [-0.2, 0) is 0 Å². The summed E-state index contributed by atoms with van der Waals surface area (Å²) < 4.78 is 1.82. The number of piperidine rings is 1. The van der Waals surface area contributed by atoms with Gasteiger partial charge in [-0.05, 0) is 68.7 Å². The van der Waals surface area contributed by atoms with Crippen molar-refractivity contribution in [1.82, 2.24) is 24.8 Å². The maximum absolute atomic E-state index is 9.17. The van der Waals surface area contributed by atoms with Crippen LogP contribution in [0.3, 0.4) is 0 Å². The summed E-state index contributed by atoms with van der Waals surface area (Å²) >= 11 is 1.65. The molecule has 0 spiro atoms. The molecule has 35 heavy (non-hydrogen) atoms. The summed E-state index contributed by atoms with van der Waals surface area (Å²) in [5.41, 5.74) is 5.01. The SMILES string of the molecule is CC(C)Nc1cc(-c2ccc3cc(C#N)cnn23)ncc1-c1nnc(N2C[C@H]3CC[C@@H](C2)[C@@H]3C)s1. The van der Waals surface area contributed by atoms with Crippen LogP contribution >= 0.6 is 11.3 Å². The molecule has 0 radical (unpaired) electrons. The largest absolute Gasteiger partial charge is 0.382 e. The van der Waals surface area contributed by atoms with E-state index in [1.165, 1.54) is 12.8 Å². The third kappa shape index (κ3) is 3.92. The summed E-state index contributed by atoms with van der Waals surface area (Å²) in [5.74, 6) is 2.37. The second-order valence-electron chi connectivity index (χ2n) is 10.1. The van der Waals surface area contributed by atoms with Gasteiger partial charge in [-0.15, -0.1) is 10.2 Å². The number of fused-ring (bicyclic) bond motifs is 3. The predicted molar refractivity (Wildman–Crippen MR) is 138 cm³/mol. The Bertz CT molecular complexity index is 1420. The number of rotatable bonds is 5. The van der Waals surface area contributed by atoms with E-state index in [1.807, 2.05) is 28.9 Å². The van der Waals surface area contributed by atoms with Crippen LogP contribution < -0.4 is 10.2 Å². The smallest absolute Gasteiger partial charge is 0.208 e. The van der Waals surface area contributed by atoms with Gasteiger partial charge < -0.3 is 10.2 Å². The van der Waals surface area contributed by atoms with Gasteiger partial charge >= 0.3 is 0 Å². The first-order chi connectivity index (χ1) is 17.0. The van der Waals surface area contributed by atoms with Gasteiger partial charge in [-0.2, -0.15) is 10.4 Å². The molecule has 0 aromatic carbocycles. The second kappa shape index (κ2) is 8.61. The van der Waals surface area contributed by atoms with E-state index >= 15 is 0 Å². The number of nitrogens with one attached hydrogen (secondary N) is 1. The Kier molecular flexibility index (Phi) is 5.41. The molecule has 178 valence electrons. The Hall–Kier alpha value is -3.51. The minimum atomic E-state index is 0.246. The fourth-order valence-corrected chi connectivity index (χ4v) is 6.44. The molecule has 2 aliphatic rings. The third-order valence-corrected chi connectivity index (χ3v) is 8.48. The molecule has 4 aromatic heterocycles. The van der Waals surface area contributed by atoms with Crippen molar-refractivity contribution in [3.8, 4) is 28.0 Å². The Morgan fingerprint density at radius 3 is 2.66 bits per heavy atom. The van der Waals surface area contributed by atoms with Crippen molar-refractivity contribution in [2.24, 2.45) is 17.8 Å². The fraction of sp³-hybridized carbons (Fsp3) is 0.423. The van der Waals surface area contributed by atoms with Gasteiger partial charge in [0.15, 0.2) is 5.01 Å². The quantitative estimate of drug-likeness (QED) is 0.422. The van der Waals surface area contributed by atoms with Crippen molar-refractivity contribution in [2.45, 2.75) is 39.7 Å². The van der Waals surface area contributed by atoms with Gasteiger partial charge in [0.2, 0.25) is 5.13 Å². The van der Waals surface area contributed by atoms with Crippen LogP contribution in [0, 0.1) is 29.1 Å². The lowest BCUT2D eigenvalue weighted by Crippen LogP contribution is -2.40. The first-order valence-electron chi connectivity index (χ1n) is 12.2. The Morgan fingerprint density at radius 2 is 1.91 bits per heavy atom. The van der Waals surface area contributed by atoms with E-state index in [0.29, 0.717) is 5.56 Å². The highest BCUT2D eigenvalue weighted by molar-refractivity contribution is 7.18. The van der Waals surface area contributed by atoms with E-state index < -0.39 is 0 Å². The first kappa shape index (κ1) is 22.0. The van der Waals surface area contributed by atoms with E-state index in [0.717, 1.165) is 69.1 Å². The van der Waals surface area contributed by atoms with Crippen LogP contribution in [0.15, 0.2) is 36.7 Å². The number of anilines is 2. The highest BCUT2D eigenvalue weighted by Crippen LogP contribution is 2.44. The molecule has 6 rings (SSSR count). The van der Waals surface area contributed by atoms with Crippen LogP contribution in [0.2, 0.25) is 0 Å². The Balaban J connectivity index is 1.34. The number of hydrogen-bond acceptors (Lipinski definition) is 8. The van der Waals surface area contributed by atoms with Crippen molar-refractivity contribution < 1.29 is 0 Å². The molecule has 1 aliphatic heterocycles. The Morgan fingerprint density at radius 1 is 1.11 bits per heavy atom. The van der Waals surface area contributed by atoms with E-state index in [1.54, 1.807) is 17.5 Å². The molecule has 1 saturated carbocycles. The minimum Gasteiger partial charge on any atom is -0.382 e. The number of pyridine rings is 1. The van der Waals surface area contributed by atoms with Gasteiger partial charge in [0.25, 0.3) is 0 Å². The number of hydrogen-bond donors (Lipinski definition) is 1. The molecule has 1 saturated heterocycles. The zero-order valence-corrected chi connectivity index (χ0v) is 21.0. The van der Waals surface area contributed by atoms with Crippen LogP contribution in [-0.4, -0.2) is 43.9 Å². The van der Waals surface area contributed by atoms with E-state index in [4.69, 9.17) is 4.98 Å². The molecule has 1 aliphatic carbocycles. The molecule has 8 nitrogen and oxygen atoms in total. The first-order valence-corrected chi connectivity index (χ1v) is 13.1. The third-order valence-electron chi connectivity index (χ3n) is 7.46. The van der Waals surface area contributed by atoms with Gasteiger partial charge in [-0.25, -0.2) is 4.52 Å². The fourth-order valence-electron chi connectivity index (χ4n) is 5.55. The number of nitriles is 1. The Labute approximate surface area is 208 Å². The van der Waals surface area contributed by atoms with Crippen LogP contribution in [0.25, 0.3) is 27.5 Å². The standard InChI is InChI=1S/C26H28N8S/c1-15(2)30-22-9-23(24-7-6-20-8-17(10-27)11-29-34(20)24)28-12-21(22)25-31-32-26(35-25)33-13-18-4-5-19(14-33)16(18)3/h6-9,11-12,15-16,18-19H,4-5,13-14H2,1-3H3,(H,28,30)/t16-,18-,19+. The molecule has 2 fully saturated rings. The average molecular weight is 485 g/mol. The summed E-state index contributed by atoms with van der Waals surface area (Å²) in [6.45, 7) is 8.83. The van der Waals surface area contributed by atoms with Gasteiger partial charge in [0, 0.05) is 31.0 Å². The predicted octanol–water partition coefficient (Wildman–Crippen LogP) is 5.09. The summed E-state index contributed by atoms with van der Waals surface area (Å²) in [6, 6.07) is 10.2. The minimum absolute atomic E-state index is 0.246. The summed E-state index contributed by atoms with van der Waals surface area (Å²) in [7, 11) is 0. The summed E-state index contributed by atoms with van der Waals surface area (Å²) in [6.07, 6.45) is 6.13. The zero-order chi connectivity index (χ0) is 24.1. The van der Waals surface area contributed by atoms with Crippen molar-refractivity contribution in [3.05, 3.63) is 42.2 Å². The lowest BCUT2D eigenvalue weighted by Gasteiger charge is -2.35. The number of nitrogens with zero attached hydrogens (tertiary/aromatic N) is 7. The molecule has 1 N–H and O–H groups in total. The average Bonchev–Trinajstić information content (AvgIpc) is 3.54. The van der Waals surface area contributed by atoms with Crippen molar-refractivity contribution in [2.75, 3.05) is 23.3 Å². The van der Waals surface area contributed by atoms with E-state index in [-0.39, 0.29) is 6.04 Å². The van der Waals surface area contributed by atoms with Crippen LogP contribution in [0.1, 0.15) is 39.2 Å². The van der Waals surface area contributed by atoms with Crippen LogP contribution in [0.4, 0.5) is 10.8 Å². The summed E-state index contributed by atoms with van der Waals surface area (Å²) in [5, 5.41) is 28.2. The molecule has 0 unspecified atom stereocenters. The summed E-state index contributed by atoms with van der Waals surface area (Å²) in [4.78, 5) is 7.22. The molecule has 4 aromatic rings. The normalized spacial score (nSPS) is 21.6. The molecule has 5 heterocycles. The van der Waals surface area contributed by atoms with Crippen molar-refractivity contribution in [3.63, 3.8) is 0 Å². The number of aromatic nitrogens is 5. The molecule has 0 amide bonds. The van der Waals surface area contributed by atoms with E-state index in [9.17, 15) is 5.26 Å². The van der Waals surface area contributed by atoms with Crippen LogP contribution in [0.5, 0.6) is 0 Å². The van der Waals surface area contributed by atoms with Gasteiger partial charge in [-0.3, -0.25) is 4.98 Å². The maximum atomic E-state index is 9.17. The zero-order valence-electron chi connectivity index (χ0n) is 20.1. The highest BCUT2D eigenvalue weighted by atomic mass is 32.1. The molecule has 9 heteroatoms. The molecular weight excluding hydrogens is 456 g/mol. The van der Waals surface area contributed by atoms with Gasteiger partial charge in [0.05, 0.1) is 34.2 Å². The monoisotopic (exact) mass is 484 g/mol. The van der Waals surface area contributed by atoms with E-state index in [2.05, 4.69) is 58.4 Å². The lowest BCUT2D eigenvalue weighted by molar-refractivity contribution is 0.295. The molecule has 2 bridgehead atoms. The van der Waals surface area contributed by atoms with Crippen molar-refractivity contribution >= 4 is 27.7 Å². The molecule has 3 atom stereocenters. The maximum Gasteiger partial charge on any atom is 0.208 e. The highest BCUT2D eigenvalue weighted by Gasteiger charge is 2.40.